The lowest BCUT2D eigenvalue weighted by atomic mass is 9.91. The molecular formula is C16H25N3O3S. The predicted octanol–water partition coefficient (Wildman–Crippen LogP) is 1.84. The summed E-state index contributed by atoms with van der Waals surface area (Å²) in [7, 11) is -3.31. The molecule has 23 heavy (non-hydrogen) atoms. The first kappa shape index (κ1) is 17.7. The number of sulfonamides is 1. The lowest BCUT2D eigenvalue weighted by Crippen LogP contribution is -2.40. The molecule has 0 saturated heterocycles. The van der Waals surface area contributed by atoms with E-state index >= 15 is 0 Å². The Morgan fingerprint density at radius 2 is 1.78 bits per heavy atom. The SMILES string of the molecule is CCCS(=O)(=O)Nc1ccc(C(=O)NC2CCC(N)CC2)cc1. The van der Waals surface area contributed by atoms with Gasteiger partial charge in [0.15, 0.2) is 0 Å². The number of carbonyl (C=O) groups excluding carboxylic acids is 1. The van der Waals surface area contributed by atoms with Crippen LogP contribution in [0.5, 0.6) is 0 Å². The largest absolute Gasteiger partial charge is 0.349 e. The molecule has 0 spiro atoms. The van der Waals surface area contributed by atoms with Crippen LogP contribution in [0.3, 0.4) is 0 Å². The van der Waals surface area contributed by atoms with Crippen LogP contribution in [0.1, 0.15) is 49.4 Å². The van der Waals surface area contributed by atoms with Crippen LogP contribution in [-0.2, 0) is 10.0 Å². The Labute approximate surface area is 137 Å². The van der Waals surface area contributed by atoms with Crippen molar-refractivity contribution in [3.63, 3.8) is 0 Å². The highest BCUT2D eigenvalue weighted by molar-refractivity contribution is 7.92. The van der Waals surface area contributed by atoms with Crippen molar-refractivity contribution >= 4 is 21.6 Å². The zero-order chi connectivity index (χ0) is 16.9. The minimum Gasteiger partial charge on any atom is -0.349 e. The molecule has 0 atom stereocenters. The van der Waals surface area contributed by atoms with Crippen LogP contribution in [0.4, 0.5) is 5.69 Å². The second kappa shape index (κ2) is 7.79. The fourth-order valence-electron chi connectivity index (χ4n) is 2.72. The van der Waals surface area contributed by atoms with E-state index in [9.17, 15) is 13.2 Å². The van der Waals surface area contributed by atoms with Gasteiger partial charge in [0, 0.05) is 23.3 Å². The molecule has 1 amide bonds. The van der Waals surface area contributed by atoms with E-state index in [0.29, 0.717) is 17.7 Å². The van der Waals surface area contributed by atoms with Crippen molar-refractivity contribution in [3.8, 4) is 0 Å². The highest BCUT2D eigenvalue weighted by Gasteiger charge is 2.20. The molecule has 1 aromatic carbocycles. The van der Waals surface area contributed by atoms with E-state index in [0.717, 1.165) is 25.7 Å². The standard InChI is InChI=1S/C16H25N3O3S/c1-2-11-23(21,22)19-15-7-3-12(4-8-15)16(20)18-14-9-5-13(17)6-10-14/h3-4,7-8,13-14,19H,2,5-6,9-11,17H2,1H3,(H,18,20). The predicted molar refractivity (Wildman–Crippen MR) is 91.8 cm³/mol. The molecule has 1 aliphatic rings. The molecule has 1 fully saturated rings. The molecule has 0 unspecified atom stereocenters. The zero-order valence-electron chi connectivity index (χ0n) is 13.4. The number of benzene rings is 1. The van der Waals surface area contributed by atoms with Crippen LogP contribution < -0.4 is 15.8 Å². The normalized spacial score (nSPS) is 21.7. The maximum Gasteiger partial charge on any atom is 0.251 e. The van der Waals surface area contributed by atoms with E-state index < -0.39 is 10.0 Å². The second-order valence-corrected chi connectivity index (χ2v) is 7.93. The molecule has 1 saturated carbocycles. The topological polar surface area (TPSA) is 101 Å². The lowest BCUT2D eigenvalue weighted by molar-refractivity contribution is 0.0926. The maximum absolute atomic E-state index is 12.2. The van der Waals surface area contributed by atoms with Crippen LogP contribution in [0, 0.1) is 0 Å². The lowest BCUT2D eigenvalue weighted by Gasteiger charge is -2.26. The van der Waals surface area contributed by atoms with Gasteiger partial charge < -0.3 is 11.1 Å². The van der Waals surface area contributed by atoms with Gasteiger partial charge in [-0.2, -0.15) is 0 Å². The van der Waals surface area contributed by atoms with Gasteiger partial charge in [-0.15, -0.1) is 0 Å². The number of nitrogens with one attached hydrogen (secondary N) is 2. The molecule has 6 nitrogen and oxygen atoms in total. The molecule has 0 aliphatic heterocycles. The number of carbonyl (C=O) groups is 1. The van der Waals surface area contributed by atoms with Gasteiger partial charge >= 0.3 is 0 Å². The molecule has 1 aliphatic carbocycles. The van der Waals surface area contributed by atoms with Crippen molar-refractivity contribution in [2.45, 2.75) is 51.1 Å². The molecule has 0 radical (unpaired) electrons. The van der Waals surface area contributed by atoms with Gasteiger partial charge in [0.25, 0.3) is 5.91 Å². The minimum absolute atomic E-state index is 0.0824. The van der Waals surface area contributed by atoms with Crippen molar-refractivity contribution in [2.75, 3.05) is 10.5 Å². The quantitative estimate of drug-likeness (QED) is 0.736. The summed E-state index contributed by atoms with van der Waals surface area (Å²) in [5.41, 5.74) is 6.86. The zero-order valence-corrected chi connectivity index (χ0v) is 14.2. The van der Waals surface area contributed by atoms with Crippen molar-refractivity contribution in [1.29, 1.82) is 0 Å². The summed E-state index contributed by atoms with van der Waals surface area (Å²) in [5, 5.41) is 3.01. The number of nitrogens with two attached hydrogens (primary N) is 1. The highest BCUT2D eigenvalue weighted by Crippen LogP contribution is 2.18. The Balaban J connectivity index is 1.92. The average molecular weight is 339 g/mol. The van der Waals surface area contributed by atoms with Crippen molar-refractivity contribution in [3.05, 3.63) is 29.8 Å². The molecule has 128 valence electrons. The molecule has 2 rings (SSSR count). The third kappa shape index (κ3) is 5.51. The van der Waals surface area contributed by atoms with E-state index in [-0.39, 0.29) is 23.7 Å². The number of amides is 1. The molecule has 4 N–H and O–H groups in total. The summed E-state index contributed by atoms with van der Waals surface area (Å²) in [5.74, 6) is -0.0487. The summed E-state index contributed by atoms with van der Waals surface area (Å²) in [6.07, 6.45) is 4.23. The van der Waals surface area contributed by atoms with Gasteiger partial charge in [0.05, 0.1) is 5.75 Å². The van der Waals surface area contributed by atoms with Gasteiger partial charge in [-0.3, -0.25) is 9.52 Å². The monoisotopic (exact) mass is 339 g/mol. The summed E-state index contributed by atoms with van der Waals surface area (Å²) < 4.78 is 25.9. The van der Waals surface area contributed by atoms with Crippen LogP contribution in [0.25, 0.3) is 0 Å². The average Bonchev–Trinajstić information content (AvgIpc) is 2.49. The molecule has 0 bridgehead atoms. The summed E-state index contributed by atoms with van der Waals surface area (Å²) in [6.45, 7) is 1.81. The van der Waals surface area contributed by atoms with Crippen LogP contribution >= 0.6 is 0 Å². The molecule has 0 heterocycles. The third-order valence-corrected chi connectivity index (χ3v) is 5.49. The first-order valence-corrected chi connectivity index (χ1v) is 9.72. The van der Waals surface area contributed by atoms with Crippen LogP contribution in [-0.4, -0.2) is 32.2 Å². The first-order chi connectivity index (χ1) is 10.9. The third-order valence-electron chi connectivity index (χ3n) is 4.00. The van der Waals surface area contributed by atoms with Gasteiger partial charge in [-0.05, 0) is 56.4 Å². The van der Waals surface area contributed by atoms with Crippen molar-refractivity contribution in [2.24, 2.45) is 5.73 Å². The van der Waals surface area contributed by atoms with Crippen molar-refractivity contribution < 1.29 is 13.2 Å². The van der Waals surface area contributed by atoms with Gasteiger partial charge in [0.2, 0.25) is 10.0 Å². The second-order valence-electron chi connectivity index (χ2n) is 6.08. The van der Waals surface area contributed by atoms with Gasteiger partial charge in [-0.1, -0.05) is 6.92 Å². The Bertz CT molecular complexity index is 620. The maximum atomic E-state index is 12.2. The Hall–Kier alpha value is -1.60. The van der Waals surface area contributed by atoms with E-state index in [1.165, 1.54) is 0 Å². The van der Waals surface area contributed by atoms with Crippen LogP contribution in [0.15, 0.2) is 24.3 Å². The molecule has 0 aromatic heterocycles. The Morgan fingerprint density at radius 1 is 1.17 bits per heavy atom. The van der Waals surface area contributed by atoms with Gasteiger partial charge in [0.1, 0.15) is 0 Å². The molecule has 1 aromatic rings. The Kier molecular flexibility index (Phi) is 6.01. The van der Waals surface area contributed by atoms with E-state index in [2.05, 4.69) is 10.0 Å². The summed E-state index contributed by atoms with van der Waals surface area (Å²) in [6, 6.07) is 6.91. The number of hydrogen-bond donors (Lipinski definition) is 3. The number of rotatable bonds is 6. The minimum atomic E-state index is -3.31. The van der Waals surface area contributed by atoms with E-state index in [1.807, 2.05) is 6.92 Å². The number of anilines is 1. The van der Waals surface area contributed by atoms with Crippen LogP contribution in [0.2, 0.25) is 0 Å². The summed E-state index contributed by atoms with van der Waals surface area (Å²) in [4.78, 5) is 12.2. The fraction of sp³-hybridized carbons (Fsp3) is 0.562. The van der Waals surface area contributed by atoms with Crippen molar-refractivity contribution in [1.82, 2.24) is 5.32 Å². The van der Waals surface area contributed by atoms with E-state index in [1.54, 1.807) is 24.3 Å². The highest BCUT2D eigenvalue weighted by atomic mass is 32.2. The number of hydrogen-bond acceptors (Lipinski definition) is 4. The molecular weight excluding hydrogens is 314 g/mol. The smallest absolute Gasteiger partial charge is 0.251 e. The molecule has 7 heteroatoms. The Morgan fingerprint density at radius 3 is 2.35 bits per heavy atom. The van der Waals surface area contributed by atoms with Gasteiger partial charge in [-0.25, -0.2) is 8.42 Å². The summed E-state index contributed by atoms with van der Waals surface area (Å²) >= 11 is 0. The first-order valence-electron chi connectivity index (χ1n) is 8.06. The fourth-order valence-corrected chi connectivity index (χ4v) is 3.86. The van der Waals surface area contributed by atoms with E-state index in [4.69, 9.17) is 5.73 Å².